The molecular formula is C22H24N2O8Y. The van der Waals surface area contributed by atoms with Crippen LogP contribution in [0.1, 0.15) is 23.0 Å². The van der Waals surface area contributed by atoms with Crippen LogP contribution in [0.3, 0.4) is 0 Å². The summed E-state index contributed by atoms with van der Waals surface area (Å²) in [5, 5.41) is 23.1. The van der Waals surface area contributed by atoms with Crippen LogP contribution in [0.2, 0.25) is 0 Å². The van der Waals surface area contributed by atoms with Crippen molar-refractivity contribution < 1.29 is 71.5 Å². The summed E-state index contributed by atoms with van der Waals surface area (Å²) in [6, 6.07) is 9.04. The third kappa shape index (κ3) is 6.49. The van der Waals surface area contributed by atoms with Gasteiger partial charge < -0.3 is 29.7 Å². The van der Waals surface area contributed by atoms with Crippen LogP contribution in [-0.2, 0) is 58.2 Å². The Morgan fingerprint density at radius 2 is 1.91 bits per heavy atom. The first-order valence-electron chi connectivity index (χ1n) is 9.93. The maximum absolute atomic E-state index is 12.7. The second-order valence-corrected chi connectivity index (χ2v) is 7.30. The van der Waals surface area contributed by atoms with Crippen molar-refractivity contribution in [3.63, 3.8) is 0 Å². The summed E-state index contributed by atoms with van der Waals surface area (Å²) in [6.07, 6.45) is -0.919. The van der Waals surface area contributed by atoms with Crippen LogP contribution >= 0.6 is 0 Å². The number of aromatic hydroxyl groups is 1. The fourth-order valence-corrected chi connectivity index (χ4v) is 3.31. The molecule has 2 aromatic rings. The van der Waals surface area contributed by atoms with Gasteiger partial charge in [-0.25, -0.2) is 9.78 Å². The predicted octanol–water partition coefficient (Wildman–Crippen LogP) is 0.600. The van der Waals surface area contributed by atoms with Gasteiger partial charge in [0.05, 0.1) is 13.0 Å². The average Bonchev–Trinajstić information content (AvgIpc) is 2.82. The summed E-state index contributed by atoms with van der Waals surface area (Å²) in [5.74, 6) is -3.98. The molecule has 0 saturated carbocycles. The van der Waals surface area contributed by atoms with Gasteiger partial charge in [0, 0.05) is 45.0 Å². The van der Waals surface area contributed by atoms with E-state index in [4.69, 9.17) is 14.2 Å². The number of esters is 2. The van der Waals surface area contributed by atoms with Crippen molar-refractivity contribution in [1.82, 2.24) is 10.3 Å². The molecule has 1 aliphatic rings. The van der Waals surface area contributed by atoms with E-state index < -0.39 is 54.4 Å². The van der Waals surface area contributed by atoms with E-state index in [0.717, 1.165) is 5.56 Å². The van der Waals surface area contributed by atoms with Crippen molar-refractivity contribution in [2.45, 2.75) is 31.6 Å². The zero-order chi connectivity index (χ0) is 23.3. The van der Waals surface area contributed by atoms with Crippen LogP contribution in [-0.4, -0.2) is 65.0 Å². The molecule has 2 heterocycles. The maximum Gasteiger partial charge on any atom is 0.332 e. The number of amides is 1. The Bertz CT molecular complexity index is 988. The number of hydrogen-bond acceptors (Lipinski definition) is 9. The number of nitrogens with zero attached hydrogens (tertiary/aromatic N) is 1. The van der Waals surface area contributed by atoms with E-state index in [1.807, 2.05) is 6.07 Å². The first-order chi connectivity index (χ1) is 15.3. The first-order valence-corrected chi connectivity index (χ1v) is 9.93. The van der Waals surface area contributed by atoms with Gasteiger partial charge in [-0.1, -0.05) is 30.3 Å². The monoisotopic (exact) mass is 533 g/mol. The number of hydrogen-bond donors (Lipinski definition) is 3. The molecule has 4 unspecified atom stereocenters. The van der Waals surface area contributed by atoms with E-state index in [-0.39, 0.29) is 50.6 Å². The van der Waals surface area contributed by atoms with Crippen LogP contribution in [0.25, 0.3) is 0 Å². The van der Waals surface area contributed by atoms with Crippen molar-refractivity contribution in [2.75, 3.05) is 13.7 Å². The smallest absolute Gasteiger partial charge is 0.332 e. The van der Waals surface area contributed by atoms with E-state index in [9.17, 15) is 24.6 Å². The summed E-state index contributed by atoms with van der Waals surface area (Å²) in [7, 11) is 1.31. The Morgan fingerprint density at radius 3 is 2.58 bits per heavy atom. The quantitative estimate of drug-likeness (QED) is 0.471. The molecule has 1 saturated heterocycles. The summed E-state index contributed by atoms with van der Waals surface area (Å²) in [6.45, 7) is 0.937. The molecule has 1 aromatic heterocycles. The van der Waals surface area contributed by atoms with Gasteiger partial charge in [-0.15, -0.1) is 0 Å². The van der Waals surface area contributed by atoms with Gasteiger partial charge in [0.2, 0.25) is 0 Å². The molecule has 1 fully saturated rings. The number of pyridine rings is 1. The molecular weight excluding hydrogens is 509 g/mol. The Balaban J connectivity index is 0.00000385. The summed E-state index contributed by atoms with van der Waals surface area (Å²) in [4.78, 5) is 41.6. The minimum atomic E-state index is -1.37. The van der Waals surface area contributed by atoms with Gasteiger partial charge >= 0.3 is 11.9 Å². The Morgan fingerprint density at radius 1 is 1.21 bits per heavy atom. The van der Waals surface area contributed by atoms with Crippen molar-refractivity contribution in [2.24, 2.45) is 5.92 Å². The van der Waals surface area contributed by atoms with Crippen molar-refractivity contribution in [1.29, 1.82) is 0 Å². The summed E-state index contributed by atoms with van der Waals surface area (Å²) in [5.41, 5.74) is 0.425. The van der Waals surface area contributed by atoms with Crippen LogP contribution in [0.5, 0.6) is 11.5 Å². The standard InChI is InChI=1S/C22H24N2O8.Y/c1-12-18(25)14(10-13-6-4-3-5-7-13)21(28)31-11-15(22(29)32-12)24-20(27)17-19(26)16(30-2)8-9-23-17;/h3-9,12,14-15,18,25-26H,10-11H2,1-2H3,(H,24,27);. The van der Waals surface area contributed by atoms with E-state index in [1.165, 1.54) is 26.3 Å². The average molecular weight is 533 g/mol. The topological polar surface area (TPSA) is 144 Å². The number of aliphatic hydroxyl groups is 1. The number of rotatable bonds is 5. The van der Waals surface area contributed by atoms with Crippen LogP contribution in [0.15, 0.2) is 42.6 Å². The maximum atomic E-state index is 12.7. The zero-order valence-electron chi connectivity index (χ0n) is 18.1. The number of nitrogens with one attached hydrogen (secondary N) is 1. The van der Waals surface area contributed by atoms with Gasteiger partial charge in [0.1, 0.15) is 18.8 Å². The third-order valence-corrected chi connectivity index (χ3v) is 5.10. The second kappa shape index (κ2) is 12.1. The van der Waals surface area contributed by atoms with Gasteiger partial charge in [-0.05, 0) is 18.9 Å². The number of ether oxygens (including phenoxy) is 3. The number of cyclic esters (lactones) is 2. The number of aliphatic hydroxyl groups excluding tert-OH is 1. The molecule has 4 atom stereocenters. The Kier molecular flexibility index (Phi) is 9.76. The molecule has 1 aromatic carbocycles. The Hall–Kier alpha value is -2.56. The third-order valence-electron chi connectivity index (χ3n) is 5.10. The summed E-state index contributed by atoms with van der Waals surface area (Å²) < 4.78 is 15.5. The number of carbonyl (C=O) groups is 3. The molecule has 11 heteroatoms. The zero-order valence-corrected chi connectivity index (χ0v) is 21.0. The fraction of sp³-hybridized carbons (Fsp3) is 0.364. The minimum absolute atomic E-state index is 0. The molecule has 0 bridgehead atoms. The largest absolute Gasteiger partial charge is 0.503 e. The molecule has 1 amide bonds. The van der Waals surface area contributed by atoms with E-state index in [2.05, 4.69) is 10.3 Å². The Labute approximate surface area is 215 Å². The molecule has 1 aliphatic heterocycles. The minimum Gasteiger partial charge on any atom is -0.503 e. The molecule has 3 N–H and O–H groups in total. The van der Waals surface area contributed by atoms with Crippen molar-refractivity contribution >= 4 is 17.8 Å². The summed E-state index contributed by atoms with van der Waals surface area (Å²) >= 11 is 0. The number of benzene rings is 1. The molecule has 3 rings (SSSR count). The van der Waals surface area contributed by atoms with Crippen LogP contribution in [0.4, 0.5) is 0 Å². The van der Waals surface area contributed by atoms with Gasteiger partial charge in [-0.2, -0.15) is 0 Å². The van der Waals surface area contributed by atoms with E-state index >= 15 is 0 Å². The molecule has 0 spiro atoms. The molecule has 173 valence electrons. The van der Waals surface area contributed by atoms with Gasteiger partial charge in [0.25, 0.3) is 5.91 Å². The molecule has 0 aliphatic carbocycles. The van der Waals surface area contributed by atoms with Crippen LogP contribution < -0.4 is 10.1 Å². The van der Waals surface area contributed by atoms with E-state index in [1.54, 1.807) is 24.3 Å². The van der Waals surface area contributed by atoms with Gasteiger partial charge in [0.15, 0.2) is 23.2 Å². The SMILES string of the molecule is COc1ccnc(C(=O)NC2COC(=O)C(Cc3ccccc3)C(O)C(C)OC2=O)c1O.[Y]. The van der Waals surface area contributed by atoms with Crippen LogP contribution in [0, 0.1) is 5.92 Å². The predicted molar refractivity (Wildman–Crippen MR) is 110 cm³/mol. The number of methoxy groups -OCH3 is 1. The van der Waals surface area contributed by atoms with Gasteiger partial charge in [-0.3, -0.25) is 9.59 Å². The molecule has 33 heavy (non-hydrogen) atoms. The number of carbonyl (C=O) groups excluding carboxylic acids is 3. The van der Waals surface area contributed by atoms with Crippen molar-refractivity contribution in [3.8, 4) is 11.5 Å². The molecule has 1 radical (unpaired) electrons. The normalized spacial score (nSPS) is 23.0. The fourth-order valence-electron chi connectivity index (χ4n) is 3.31. The first kappa shape index (κ1) is 26.7. The second-order valence-electron chi connectivity index (χ2n) is 7.30. The van der Waals surface area contributed by atoms with E-state index in [0.29, 0.717) is 0 Å². The van der Waals surface area contributed by atoms with Crippen molar-refractivity contribution in [3.05, 3.63) is 53.9 Å². The number of aromatic nitrogens is 1. The molecule has 10 nitrogen and oxygen atoms in total.